The number of fused-ring (bicyclic) bond motifs is 1. The van der Waals surface area contributed by atoms with Crippen molar-refractivity contribution in [3.05, 3.63) is 41.3 Å². The monoisotopic (exact) mass is 552 g/mol. The average molecular weight is 553 g/mol. The van der Waals surface area contributed by atoms with E-state index in [1.54, 1.807) is 47.5 Å². The number of hydrogen-bond donors (Lipinski definition) is 3. The maximum absolute atomic E-state index is 13.3. The summed E-state index contributed by atoms with van der Waals surface area (Å²) >= 11 is 1.15. The number of carbonyl (C=O) groups is 2. The van der Waals surface area contributed by atoms with Gasteiger partial charge in [-0.05, 0) is 50.4 Å². The fraction of sp³-hybridized carbons (Fsp3) is 0.520. The van der Waals surface area contributed by atoms with Gasteiger partial charge in [-0.1, -0.05) is 13.0 Å². The molecule has 37 heavy (non-hydrogen) atoms. The van der Waals surface area contributed by atoms with Crippen LogP contribution in [0.15, 0.2) is 39.9 Å². The Hall–Kier alpha value is -2.67. The molecule has 3 atom stereocenters. The summed E-state index contributed by atoms with van der Waals surface area (Å²) in [6.07, 6.45) is -0.579. The third kappa shape index (κ3) is 7.22. The molecule has 1 aromatic heterocycles. The van der Waals surface area contributed by atoms with Gasteiger partial charge in [0.2, 0.25) is 5.91 Å². The number of anilines is 1. The zero-order valence-corrected chi connectivity index (χ0v) is 23.4. The van der Waals surface area contributed by atoms with Crippen LogP contribution in [0.2, 0.25) is 0 Å². The molecule has 2 aromatic rings. The third-order valence-electron chi connectivity index (χ3n) is 6.19. The molecular weight excluding hydrogens is 516 g/mol. The fourth-order valence-corrected chi connectivity index (χ4v) is 6.45. The minimum atomic E-state index is -3.70. The Balaban J connectivity index is 1.95. The van der Waals surface area contributed by atoms with Crippen LogP contribution in [0.3, 0.4) is 0 Å². The second-order valence-corrected chi connectivity index (χ2v) is 12.9. The van der Waals surface area contributed by atoms with Gasteiger partial charge in [-0.3, -0.25) is 4.79 Å². The summed E-state index contributed by atoms with van der Waals surface area (Å²) in [6, 6.07) is 7.47. The Labute approximate surface area is 222 Å². The lowest BCUT2D eigenvalue weighted by molar-refractivity contribution is -0.134. The molecule has 0 unspecified atom stereocenters. The molecule has 0 radical (unpaired) electrons. The maximum Gasteiger partial charge on any atom is 0.319 e. The largest absolute Gasteiger partial charge is 0.488 e. The van der Waals surface area contributed by atoms with Gasteiger partial charge < -0.3 is 25.4 Å². The Morgan fingerprint density at radius 2 is 2.03 bits per heavy atom. The first kappa shape index (κ1) is 28.9. The van der Waals surface area contributed by atoms with Crippen molar-refractivity contribution in [3.63, 3.8) is 0 Å². The number of nitrogens with zero attached hydrogens (tertiary/aromatic N) is 2. The van der Waals surface area contributed by atoms with Crippen LogP contribution in [0.1, 0.15) is 33.3 Å². The van der Waals surface area contributed by atoms with Crippen molar-refractivity contribution in [2.24, 2.45) is 5.92 Å². The third-order valence-corrected chi connectivity index (χ3v) is 9.39. The molecule has 3 amide bonds. The number of thiophene rings is 1. The Morgan fingerprint density at radius 1 is 1.30 bits per heavy atom. The molecule has 3 rings (SSSR count). The molecular formula is C25H36N4O6S2. The number of carbonyl (C=O) groups excluding carboxylic acids is 2. The second kappa shape index (κ2) is 12.2. The molecule has 12 heteroatoms. The second-order valence-electron chi connectivity index (χ2n) is 9.68. The summed E-state index contributed by atoms with van der Waals surface area (Å²) < 4.78 is 34.0. The van der Waals surface area contributed by atoms with E-state index in [0.29, 0.717) is 17.0 Å². The average Bonchev–Trinajstić information content (AvgIpc) is 3.38. The fourth-order valence-electron chi connectivity index (χ4n) is 4.07. The van der Waals surface area contributed by atoms with E-state index in [0.717, 1.165) is 11.3 Å². The van der Waals surface area contributed by atoms with Gasteiger partial charge in [0.25, 0.3) is 10.0 Å². The van der Waals surface area contributed by atoms with E-state index < -0.39 is 22.2 Å². The predicted molar refractivity (Wildman–Crippen MR) is 143 cm³/mol. The number of sulfonamides is 1. The number of aliphatic hydroxyl groups is 1. The topological polar surface area (TPSA) is 128 Å². The summed E-state index contributed by atoms with van der Waals surface area (Å²) in [5.41, 5.74) is 1.06. The summed E-state index contributed by atoms with van der Waals surface area (Å²) in [5, 5.41) is 17.0. The van der Waals surface area contributed by atoms with E-state index in [4.69, 9.17) is 4.74 Å². The summed E-state index contributed by atoms with van der Waals surface area (Å²) in [4.78, 5) is 27.1. The van der Waals surface area contributed by atoms with Crippen molar-refractivity contribution in [1.82, 2.24) is 14.5 Å². The summed E-state index contributed by atoms with van der Waals surface area (Å²) in [6.45, 7) is 7.51. The van der Waals surface area contributed by atoms with Gasteiger partial charge in [0.15, 0.2) is 0 Å². The number of benzene rings is 1. The van der Waals surface area contributed by atoms with Crippen molar-refractivity contribution < 1.29 is 27.9 Å². The summed E-state index contributed by atoms with van der Waals surface area (Å²) in [7, 11) is -2.19. The molecule has 0 spiro atoms. The lowest BCUT2D eigenvalue weighted by Gasteiger charge is -2.33. The number of aliphatic hydroxyl groups excluding tert-OH is 1. The number of nitrogens with one attached hydrogen (secondary N) is 2. The molecule has 10 nitrogen and oxygen atoms in total. The van der Waals surface area contributed by atoms with Gasteiger partial charge in [0, 0.05) is 36.8 Å². The molecule has 0 fully saturated rings. The van der Waals surface area contributed by atoms with E-state index in [9.17, 15) is 23.1 Å². The standard InChI is InChI=1S/C25H36N4O6S2/c1-16(2)26-25(32)27-20-8-9-21-19(11-20)12-23(31)29(18(4)15-30)13-17(3)22(35-21)14-28(5)37(33,34)24-7-6-10-36-24/h6-11,16-18,22,30H,12-15H2,1-5H3,(H2,26,27,32)/t17-,18-,22+/m1/s1. The first-order valence-electron chi connectivity index (χ1n) is 12.2. The van der Waals surface area contributed by atoms with Gasteiger partial charge in [-0.2, -0.15) is 4.31 Å². The van der Waals surface area contributed by atoms with Crippen molar-refractivity contribution in [3.8, 4) is 5.75 Å². The van der Waals surface area contributed by atoms with Crippen LogP contribution >= 0.6 is 11.3 Å². The SMILES string of the molecule is CC(C)NC(=O)Nc1ccc2c(c1)CC(=O)N([C@H](C)CO)C[C@@H](C)[C@H](CN(C)S(=O)(=O)c1cccs1)O2. The van der Waals surface area contributed by atoms with E-state index in [1.807, 2.05) is 20.8 Å². The normalized spacial score (nSPS) is 19.5. The highest BCUT2D eigenvalue weighted by atomic mass is 32.2. The zero-order valence-electron chi connectivity index (χ0n) is 21.8. The van der Waals surface area contributed by atoms with Crippen LogP contribution < -0.4 is 15.4 Å². The molecule has 204 valence electrons. The molecule has 1 aliphatic rings. The van der Waals surface area contributed by atoms with Gasteiger partial charge in [-0.15, -0.1) is 11.3 Å². The highest BCUT2D eigenvalue weighted by molar-refractivity contribution is 7.91. The van der Waals surface area contributed by atoms with Gasteiger partial charge in [0.05, 0.1) is 25.6 Å². The van der Waals surface area contributed by atoms with Crippen LogP contribution in [0.4, 0.5) is 10.5 Å². The van der Waals surface area contributed by atoms with Crippen LogP contribution in [0.5, 0.6) is 5.75 Å². The number of likely N-dealkylation sites (N-methyl/N-ethyl adjacent to an activating group) is 1. The minimum absolute atomic E-state index is 0.00374. The number of urea groups is 1. The molecule has 2 heterocycles. The molecule has 0 saturated carbocycles. The van der Waals surface area contributed by atoms with Crippen molar-refractivity contribution in [2.75, 3.05) is 32.1 Å². The first-order chi connectivity index (χ1) is 17.4. The van der Waals surface area contributed by atoms with Crippen LogP contribution in [-0.4, -0.2) is 79.6 Å². The number of hydrogen-bond acceptors (Lipinski definition) is 7. The van der Waals surface area contributed by atoms with Crippen LogP contribution in [0, 0.1) is 5.92 Å². The Bertz CT molecular complexity index is 1190. The van der Waals surface area contributed by atoms with Crippen molar-refractivity contribution >= 4 is 39.0 Å². The maximum atomic E-state index is 13.3. The van der Waals surface area contributed by atoms with Gasteiger partial charge in [-0.25, -0.2) is 13.2 Å². The first-order valence-corrected chi connectivity index (χ1v) is 14.5. The Kier molecular flexibility index (Phi) is 9.57. The highest BCUT2D eigenvalue weighted by Gasteiger charge is 2.33. The quantitative estimate of drug-likeness (QED) is 0.462. The Morgan fingerprint density at radius 3 is 2.65 bits per heavy atom. The summed E-state index contributed by atoms with van der Waals surface area (Å²) in [5.74, 6) is 0.00203. The highest BCUT2D eigenvalue weighted by Crippen LogP contribution is 2.30. The molecule has 0 saturated heterocycles. The molecule has 0 bridgehead atoms. The number of ether oxygens (including phenoxy) is 1. The van der Waals surface area contributed by atoms with E-state index in [2.05, 4.69) is 10.6 Å². The molecule has 0 aliphatic carbocycles. The van der Waals surface area contributed by atoms with E-state index in [-0.39, 0.29) is 54.2 Å². The molecule has 1 aromatic carbocycles. The van der Waals surface area contributed by atoms with Crippen LogP contribution in [0.25, 0.3) is 0 Å². The van der Waals surface area contributed by atoms with E-state index >= 15 is 0 Å². The molecule has 3 N–H and O–H groups in total. The van der Waals surface area contributed by atoms with Crippen molar-refractivity contribution in [1.29, 1.82) is 0 Å². The minimum Gasteiger partial charge on any atom is -0.488 e. The zero-order chi connectivity index (χ0) is 27.3. The predicted octanol–water partition coefficient (Wildman–Crippen LogP) is 2.75. The van der Waals surface area contributed by atoms with E-state index in [1.165, 1.54) is 11.4 Å². The number of rotatable bonds is 8. The van der Waals surface area contributed by atoms with Crippen LogP contribution in [-0.2, 0) is 21.2 Å². The lowest BCUT2D eigenvalue weighted by atomic mass is 10.0. The number of amides is 3. The lowest BCUT2D eigenvalue weighted by Crippen LogP contribution is -2.48. The van der Waals surface area contributed by atoms with Crippen molar-refractivity contribution in [2.45, 2.75) is 56.5 Å². The molecule has 1 aliphatic heterocycles. The van der Waals surface area contributed by atoms with Gasteiger partial charge >= 0.3 is 6.03 Å². The van der Waals surface area contributed by atoms with Gasteiger partial charge in [0.1, 0.15) is 16.1 Å². The smallest absolute Gasteiger partial charge is 0.319 e.